The van der Waals surface area contributed by atoms with Gasteiger partial charge in [-0.05, 0) is 37.5 Å². The predicted molar refractivity (Wildman–Crippen MR) is 83.3 cm³/mol. The Bertz CT molecular complexity index is 713. The smallest absolute Gasteiger partial charge is 0.219 e. The summed E-state index contributed by atoms with van der Waals surface area (Å²) in [4.78, 5) is 0. The number of hydrogen-bond donors (Lipinski definition) is 0. The maximum atomic E-state index is 13.8. The summed E-state index contributed by atoms with van der Waals surface area (Å²) >= 11 is 0. The molecule has 126 valence electrons. The SMILES string of the molecule is C[C@@H]1OCC[C@H]1S(=O)(=O)N1CC=C(c2c(F)cccc2F)CC1. The van der Waals surface area contributed by atoms with Gasteiger partial charge in [-0.3, -0.25) is 0 Å². The summed E-state index contributed by atoms with van der Waals surface area (Å²) in [6, 6.07) is 3.73. The van der Waals surface area contributed by atoms with Gasteiger partial charge in [0.05, 0.1) is 6.10 Å². The van der Waals surface area contributed by atoms with Crippen LogP contribution < -0.4 is 0 Å². The molecule has 1 aromatic carbocycles. The standard InChI is InChI=1S/C16H19F2NO3S/c1-11-15(7-10-22-11)23(20,21)19-8-5-12(6-9-19)16-13(17)3-2-4-14(16)18/h2-5,11,15H,6-10H2,1H3/t11-,15+/m0/s1. The molecular weight excluding hydrogens is 324 g/mol. The van der Waals surface area contributed by atoms with E-state index in [0.29, 0.717) is 25.0 Å². The molecule has 0 saturated carbocycles. The van der Waals surface area contributed by atoms with E-state index in [0.717, 1.165) is 0 Å². The highest BCUT2D eigenvalue weighted by Crippen LogP contribution is 2.30. The molecule has 2 heterocycles. The Morgan fingerprint density at radius 2 is 1.96 bits per heavy atom. The fraction of sp³-hybridized carbons (Fsp3) is 0.500. The highest BCUT2D eigenvalue weighted by molar-refractivity contribution is 7.89. The van der Waals surface area contributed by atoms with Gasteiger partial charge >= 0.3 is 0 Å². The lowest BCUT2D eigenvalue weighted by molar-refractivity contribution is 0.125. The summed E-state index contributed by atoms with van der Waals surface area (Å²) in [5.74, 6) is -1.24. The van der Waals surface area contributed by atoms with E-state index >= 15 is 0 Å². The lowest BCUT2D eigenvalue weighted by Crippen LogP contribution is -2.43. The maximum absolute atomic E-state index is 13.8. The fourth-order valence-corrected chi connectivity index (χ4v) is 5.18. The molecule has 4 nitrogen and oxygen atoms in total. The molecule has 2 atom stereocenters. The quantitative estimate of drug-likeness (QED) is 0.847. The largest absolute Gasteiger partial charge is 0.377 e. The van der Waals surface area contributed by atoms with E-state index in [9.17, 15) is 17.2 Å². The number of benzene rings is 1. The summed E-state index contributed by atoms with van der Waals surface area (Å²) in [6.45, 7) is 2.56. The van der Waals surface area contributed by atoms with Crippen molar-refractivity contribution in [1.29, 1.82) is 0 Å². The molecule has 1 fully saturated rings. The molecule has 0 radical (unpaired) electrons. The predicted octanol–water partition coefficient (Wildman–Crippen LogP) is 2.56. The van der Waals surface area contributed by atoms with Crippen molar-refractivity contribution in [2.45, 2.75) is 31.1 Å². The van der Waals surface area contributed by atoms with Crippen molar-refractivity contribution in [1.82, 2.24) is 4.31 Å². The summed E-state index contributed by atoms with van der Waals surface area (Å²) in [5, 5.41) is -0.539. The molecule has 0 unspecified atom stereocenters. The molecule has 2 aliphatic rings. The Morgan fingerprint density at radius 3 is 2.48 bits per heavy atom. The molecule has 0 spiro atoms. The van der Waals surface area contributed by atoms with Crippen LogP contribution in [-0.2, 0) is 14.8 Å². The van der Waals surface area contributed by atoms with Crippen molar-refractivity contribution in [3.8, 4) is 0 Å². The minimum Gasteiger partial charge on any atom is -0.377 e. The zero-order valence-electron chi connectivity index (χ0n) is 12.8. The van der Waals surface area contributed by atoms with Gasteiger partial charge in [0.2, 0.25) is 10.0 Å². The van der Waals surface area contributed by atoms with Gasteiger partial charge in [-0.25, -0.2) is 17.2 Å². The van der Waals surface area contributed by atoms with Gasteiger partial charge in [-0.1, -0.05) is 12.1 Å². The van der Waals surface area contributed by atoms with Crippen LogP contribution in [0.2, 0.25) is 0 Å². The third kappa shape index (κ3) is 3.05. The first-order chi connectivity index (χ1) is 10.9. The Morgan fingerprint density at radius 1 is 1.26 bits per heavy atom. The van der Waals surface area contributed by atoms with E-state index in [-0.39, 0.29) is 24.8 Å². The first-order valence-corrected chi connectivity index (χ1v) is 9.15. The second kappa shape index (κ2) is 6.30. The second-order valence-corrected chi connectivity index (χ2v) is 8.03. The third-order valence-corrected chi connectivity index (χ3v) is 6.94. The van der Waals surface area contributed by atoms with E-state index in [1.54, 1.807) is 13.0 Å². The van der Waals surface area contributed by atoms with Gasteiger partial charge in [-0.15, -0.1) is 0 Å². The normalized spacial score (nSPS) is 26.3. The van der Waals surface area contributed by atoms with Crippen LogP contribution in [0, 0.1) is 11.6 Å². The van der Waals surface area contributed by atoms with Crippen LogP contribution in [0.25, 0.3) is 5.57 Å². The molecule has 3 rings (SSSR count). The molecule has 1 aromatic rings. The van der Waals surface area contributed by atoms with Crippen LogP contribution in [0.3, 0.4) is 0 Å². The Kier molecular flexibility index (Phi) is 4.53. The number of hydrogen-bond acceptors (Lipinski definition) is 3. The summed E-state index contributed by atoms with van der Waals surface area (Å²) in [5.41, 5.74) is 0.463. The third-order valence-electron chi connectivity index (χ3n) is 4.50. The Labute approximate surface area is 134 Å². The van der Waals surface area contributed by atoms with Crippen molar-refractivity contribution < 1.29 is 21.9 Å². The Balaban J connectivity index is 1.81. The first kappa shape index (κ1) is 16.5. The molecule has 0 aromatic heterocycles. The molecule has 0 bridgehead atoms. The zero-order valence-corrected chi connectivity index (χ0v) is 13.7. The van der Waals surface area contributed by atoms with Crippen LogP contribution in [-0.4, -0.2) is 43.8 Å². The average molecular weight is 343 g/mol. The molecule has 2 aliphatic heterocycles. The summed E-state index contributed by atoms with van der Waals surface area (Å²) in [6.07, 6.45) is 2.05. The van der Waals surface area contributed by atoms with Gasteiger partial charge in [0.25, 0.3) is 0 Å². The van der Waals surface area contributed by atoms with Crippen molar-refractivity contribution >= 4 is 15.6 Å². The van der Waals surface area contributed by atoms with Crippen LogP contribution in [0.4, 0.5) is 8.78 Å². The molecule has 0 aliphatic carbocycles. The lowest BCUT2D eigenvalue weighted by Gasteiger charge is -2.29. The lowest BCUT2D eigenvalue weighted by atomic mass is 9.99. The van der Waals surface area contributed by atoms with Crippen LogP contribution in [0.1, 0.15) is 25.3 Å². The zero-order chi connectivity index (χ0) is 16.6. The van der Waals surface area contributed by atoms with Crippen molar-refractivity contribution in [3.63, 3.8) is 0 Å². The topological polar surface area (TPSA) is 46.6 Å². The summed E-state index contributed by atoms with van der Waals surface area (Å²) in [7, 11) is -3.46. The number of nitrogens with zero attached hydrogens (tertiary/aromatic N) is 1. The van der Waals surface area contributed by atoms with Crippen LogP contribution >= 0.6 is 0 Å². The highest BCUT2D eigenvalue weighted by Gasteiger charge is 2.40. The Hall–Kier alpha value is -1.31. The highest BCUT2D eigenvalue weighted by atomic mass is 32.2. The van der Waals surface area contributed by atoms with Crippen molar-refractivity contribution in [3.05, 3.63) is 41.5 Å². The van der Waals surface area contributed by atoms with Crippen LogP contribution in [0.5, 0.6) is 0 Å². The van der Waals surface area contributed by atoms with Gasteiger partial charge in [-0.2, -0.15) is 4.31 Å². The number of rotatable bonds is 3. The van der Waals surface area contributed by atoms with E-state index < -0.39 is 26.9 Å². The second-order valence-electron chi connectivity index (χ2n) is 5.88. The molecule has 7 heteroatoms. The number of halogens is 2. The van der Waals surface area contributed by atoms with Gasteiger partial charge in [0, 0.05) is 25.3 Å². The van der Waals surface area contributed by atoms with Gasteiger partial charge < -0.3 is 4.74 Å². The van der Waals surface area contributed by atoms with Gasteiger partial charge in [0.15, 0.2) is 0 Å². The van der Waals surface area contributed by atoms with E-state index in [4.69, 9.17) is 4.74 Å². The monoisotopic (exact) mass is 343 g/mol. The number of ether oxygens (including phenoxy) is 1. The van der Waals surface area contributed by atoms with E-state index in [1.165, 1.54) is 22.5 Å². The van der Waals surface area contributed by atoms with E-state index in [2.05, 4.69) is 0 Å². The molecule has 0 N–H and O–H groups in total. The molecule has 23 heavy (non-hydrogen) atoms. The minimum atomic E-state index is -3.46. The van der Waals surface area contributed by atoms with Crippen LogP contribution in [0.15, 0.2) is 24.3 Å². The molecule has 1 saturated heterocycles. The summed E-state index contributed by atoms with van der Waals surface area (Å²) < 4.78 is 59.7. The maximum Gasteiger partial charge on any atom is 0.219 e. The van der Waals surface area contributed by atoms with Crippen molar-refractivity contribution in [2.75, 3.05) is 19.7 Å². The number of sulfonamides is 1. The van der Waals surface area contributed by atoms with Crippen molar-refractivity contribution in [2.24, 2.45) is 0 Å². The fourth-order valence-electron chi connectivity index (χ4n) is 3.21. The first-order valence-electron chi connectivity index (χ1n) is 7.65. The molecular formula is C16H19F2NO3S. The van der Waals surface area contributed by atoms with Gasteiger partial charge in [0.1, 0.15) is 16.9 Å². The minimum absolute atomic E-state index is 0.0536. The average Bonchev–Trinajstić information content (AvgIpc) is 2.94. The molecule has 0 amide bonds. The van der Waals surface area contributed by atoms with E-state index in [1.807, 2.05) is 0 Å².